The fraction of sp³-hybridized carbons (Fsp3) is 0.263. The van der Waals surface area contributed by atoms with Crippen LogP contribution in [0.15, 0.2) is 46.9 Å². The second-order valence-corrected chi connectivity index (χ2v) is 6.03. The van der Waals surface area contributed by atoms with Crippen molar-refractivity contribution in [2.75, 3.05) is 26.9 Å². The molecule has 7 heteroatoms. The monoisotopic (exact) mass is 422 g/mol. The van der Waals surface area contributed by atoms with Crippen molar-refractivity contribution < 1.29 is 28.5 Å². The van der Waals surface area contributed by atoms with Crippen LogP contribution in [0.3, 0.4) is 0 Å². The molecule has 0 fully saturated rings. The van der Waals surface area contributed by atoms with E-state index in [2.05, 4.69) is 15.9 Å². The van der Waals surface area contributed by atoms with Crippen molar-refractivity contribution in [2.24, 2.45) is 0 Å². The molecular formula is C19H19BrO6. The van der Waals surface area contributed by atoms with Crippen molar-refractivity contribution in [2.45, 2.75) is 6.92 Å². The largest absolute Gasteiger partial charge is 0.491 e. The molecule has 0 heterocycles. The maximum absolute atomic E-state index is 12.4. The maximum Gasteiger partial charge on any atom is 0.343 e. The predicted molar refractivity (Wildman–Crippen MR) is 98.9 cm³/mol. The van der Waals surface area contributed by atoms with Crippen molar-refractivity contribution in [3.8, 4) is 11.5 Å². The molecule has 2 rings (SSSR count). The summed E-state index contributed by atoms with van der Waals surface area (Å²) < 4.78 is 21.4. The number of ether oxygens (including phenoxy) is 4. The van der Waals surface area contributed by atoms with E-state index in [1.807, 2.05) is 0 Å². The maximum atomic E-state index is 12.4. The normalized spacial score (nSPS) is 10.3. The second kappa shape index (κ2) is 9.94. The first kappa shape index (κ1) is 19.9. The van der Waals surface area contributed by atoms with Crippen LogP contribution in [0.2, 0.25) is 0 Å². The van der Waals surface area contributed by atoms with Gasteiger partial charge in [-0.25, -0.2) is 9.59 Å². The van der Waals surface area contributed by atoms with E-state index in [9.17, 15) is 9.59 Å². The van der Waals surface area contributed by atoms with Crippen LogP contribution >= 0.6 is 15.9 Å². The van der Waals surface area contributed by atoms with Gasteiger partial charge in [-0.2, -0.15) is 0 Å². The number of methoxy groups -OCH3 is 1. The van der Waals surface area contributed by atoms with Gasteiger partial charge in [0.25, 0.3) is 0 Å². The Hall–Kier alpha value is -2.38. The van der Waals surface area contributed by atoms with Gasteiger partial charge in [-0.15, -0.1) is 0 Å². The smallest absolute Gasteiger partial charge is 0.343 e. The fourth-order valence-electron chi connectivity index (χ4n) is 2.05. The van der Waals surface area contributed by atoms with Crippen molar-refractivity contribution in [3.63, 3.8) is 0 Å². The lowest BCUT2D eigenvalue weighted by Gasteiger charge is -2.10. The average Bonchev–Trinajstić information content (AvgIpc) is 2.64. The predicted octanol–water partition coefficient (Wildman–Crippen LogP) is 3.87. The van der Waals surface area contributed by atoms with Gasteiger partial charge in [0.1, 0.15) is 23.7 Å². The second-order valence-electron chi connectivity index (χ2n) is 5.12. The van der Waals surface area contributed by atoms with E-state index in [1.54, 1.807) is 50.4 Å². The minimum absolute atomic E-state index is 0.136. The molecule has 0 aliphatic rings. The molecule has 0 saturated heterocycles. The number of rotatable bonds is 8. The lowest BCUT2D eigenvalue weighted by Crippen LogP contribution is -2.13. The number of hydrogen-bond donors (Lipinski definition) is 0. The van der Waals surface area contributed by atoms with E-state index in [0.29, 0.717) is 29.0 Å². The first-order valence-corrected chi connectivity index (χ1v) is 8.75. The van der Waals surface area contributed by atoms with E-state index < -0.39 is 11.9 Å². The zero-order chi connectivity index (χ0) is 18.9. The summed E-state index contributed by atoms with van der Waals surface area (Å²) in [5.74, 6) is -0.383. The number of hydrogen-bond acceptors (Lipinski definition) is 6. The highest BCUT2D eigenvalue weighted by Gasteiger charge is 2.18. The summed E-state index contributed by atoms with van der Waals surface area (Å²) in [6, 6.07) is 11.3. The van der Waals surface area contributed by atoms with Gasteiger partial charge in [-0.3, -0.25) is 0 Å². The molecule has 2 aromatic carbocycles. The molecule has 0 N–H and O–H groups in total. The quantitative estimate of drug-likeness (QED) is 0.365. The van der Waals surface area contributed by atoms with Gasteiger partial charge in [0.15, 0.2) is 0 Å². The van der Waals surface area contributed by atoms with E-state index in [-0.39, 0.29) is 17.9 Å². The summed E-state index contributed by atoms with van der Waals surface area (Å²) in [5, 5.41) is 0. The molecule has 6 nitrogen and oxygen atoms in total. The number of carbonyl (C=O) groups is 2. The summed E-state index contributed by atoms with van der Waals surface area (Å²) in [6.07, 6.45) is 0. The molecule has 0 aliphatic carbocycles. The van der Waals surface area contributed by atoms with E-state index >= 15 is 0 Å². The molecule has 0 aliphatic heterocycles. The zero-order valence-electron chi connectivity index (χ0n) is 14.5. The Morgan fingerprint density at radius 2 is 1.73 bits per heavy atom. The highest BCUT2D eigenvalue weighted by atomic mass is 79.9. The molecule has 0 spiro atoms. The topological polar surface area (TPSA) is 71.1 Å². The van der Waals surface area contributed by atoms with Gasteiger partial charge in [0.05, 0.1) is 18.8 Å². The lowest BCUT2D eigenvalue weighted by atomic mass is 10.2. The molecule has 138 valence electrons. The molecule has 0 aromatic heterocycles. The van der Waals surface area contributed by atoms with Gasteiger partial charge in [-0.1, -0.05) is 15.9 Å². The minimum atomic E-state index is -0.582. The Kier molecular flexibility index (Phi) is 7.62. The summed E-state index contributed by atoms with van der Waals surface area (Å²) >= 11 is 3.29. The summed E-state index contributed by atoms with van der Waals surface area (Å²) in [4.78, 5) is 24.4. The van der Waals surface area contributed by atoms with Gasteiger partial charge < -0.3 is 18.9 Å². The molecular weight excluding hydrogens is 404 g/mol. The molecule has 0 saturated carbocycles. The van der Waals surface area contributed by atoms with Crippen molar-refractivity contribution >= 4 is 27.9 Å². The van der Waals surface area contributed by atoms with E-state index in [4.69, 9.17) is 18.9 Å². The highest BCUT2D eigenvalue weighted by Crippen LogP contribution is 2.25. The van der Waals surface area contributed by atoms with Gasteiger partial charge >= 0.3 is 11.9 Å². The van der Waals surface area contributed by atoms with Crippen molar-refractivity contribution in [1.29, 1.82) is 0 Å². The number of carbonyl (C=O) groups excluding carboxylic acids is 2. The molecule has 0 unspecified atom stereocenters. The van der Waals surface area contributed by atoms with Crippen LogP contribution in [-0.4, -0.2) is 38.9 Å². The number of esters is 2. The molecule has 26 heavy (non-hydrogen) atoms. The van der Waals surface area contributed by atoms with Crippen LogP contribution in [0.5, 0.6) is 11.5 Å². The Bertz CT molecular complexity index is 757. The van der Waals surface area contributed by atoms with Crippen LogP contribution in [0.4, 0.5) is 0 Å². The van der Waals surface area contributed by atoms with E-state index in [1.165, 1.54) is 6.07 Å². The summed E-state index contributed by atoms with van der Waals surface area (Å²) in [5.41, 5.74) is 0.510. The third-order valence-electron chi connectivity index (χ3n) is 3.29. The minimum Gasteiger partial charge on any atom is -0.491 e. The standard InChI is InChI=1S/C19H19BrO6/c1-3-24-19(22)16-12-14(20)6-9-17(16)26-18(21)13-4-7-15(8-5-13)25-11-10-23-2/h4-9,12H,3,10-11H2,1-2H3. The van der Waals surface area contributed by atoms with Crippen LogP contribution < -0.4 is 9.47 Å². The van der Waals surface area contributed by atoms with Gasteiger partial charge in [0.2, 0.25) is 0 Å². The third kappa shape index (κ3) is 5.57. The summed E-state index contributed by atoms with van der Waals surface area (Å²) in [7, 11) is 1.59. The van der Waals surface area contributed by atoms with Crippen LogP contribution in [0, 0.1) is 0 Å². The Morgan fingerprint density at radius 3 is 2.38 bits per heavy atom. The Labute approximate surface area is 160 Å². The Morgan fingerprint density at radius 1 is 1.00 bits per heavy atom. The van der Waals surface area contributed by atoms with Crippen LogP contribution in [0.25, 0.3) is 0 Å². The highest BCUT2D eigenvalue weighted by molar-refractivity contribution is 9.10. The Balaban J connectivity index is 2.11. The van der Waals surface area contributed by atoms with Gasteiger partial charge in [-0.05, 0) is 49.4 Å². The van der Waals surface area contributed by atoms with Gasteiger partial charge in [0, 0.05) is 11.6 Å². The molecule has 0 bridgehead atoms. The van der Waals surface area contributed by atoms with Crippen LogP contribution in [-0.2, 0) is 9.47 Å². The van der Waals surface area contributed by atoms with E-state index in [0.717, 1.165) is 0 Å². The third-order valence-corrected chi connectivity index (χ3v) is 3.78. The summed E-state index contributed by atoms with van der Waals surface area (Å²) in [6.45, 7) is 2.83. The first-order valence-electron chi connectivity index (χ1n) is 7.95. The van der Waals surface area contributed by atoms with Crippen LogP contribution in [0.1, 0.15) is 27.6 Å². The molecule has 0 radical (unpaired) electrons. The SMILES string of the molecule is CCOC(=O)c1cc(Br)ccc1OC(=O)c1ccc(OCCOC)cc1. The van der Waals surface area contributed by atoms with Crippen molar-refractivity contribution in [3.05, 3.63) is 58.1 Å². The molecule has 0 atom stereocenters. The molecule has 0 amide bonds. The molecule has 2 aromatic rings. The van der Waals surface area contributed by atoms with Crippen molar-refractivity contribution in [1.82, 2.24) is 0 Å². The average molecular weight is 423 g/mol. The number of benzene rings is 2. The zero-order valence-corrected chi connectivity index (χ0v) is 16.1. The fourth-order valence-corrected chi connectivity index (χ4v) is 2.41. The number of halogens is 1. The first-order chi connectivity index (χ1) is 12.5. The lowest BCUT2D eigenvalue weighted by molar-refractivity contribution is 0.0520.